The molecular weight excluding hydrogens is 358 g/mol. The quantitative estimate of drug-likeness (QED) is 0.613. The van der Waals surface area contributed by atoms with Gasteiger partial charge in [0.1, 0.15) is 6.61 Å². The predicted molar refractivity (Wildman–Crippen MR) is 93.5 cm³/mol. The third-order valence-electron chi connectivity index (χ3n) is 3.57. The zero-order chi connectivity index (χ0) is 18.5. The van der Waals surface area contributed by atoms with Crippen molar-refractivity contribution in [1.29, 1.82) is 0 Å². The Bertz CT molecular complexity index is 831. The van der Waals surface area contributed by atoms with Crippen LogP contribution in [0.25, 0.3) is 0 Å². The Kier molecular flexibility index (Phi) is 5.52. The minimum atomic E-state index is -0.906. The summed E-state index contributed by atoms with van der Waals surface area (Å²) in [5.74, 6) is -0.0697. The molecule has 8 heteroatoms. The Labute approximate surface area is 153 Å². The monoisotopic (exact) mass is 375 g/mol. The number of para-hydroxylation sites is 2. The molecule has 2 aromatic rings. The van der Waals surface area contributed by atoms with Gasteiger partial charge in [0.25, 0.3) is 0 Å². The average molecular weight is 375 g/mol. The molecule has 1 aromatic carbocycles. The summed E-state index contributed by atoms with van der Waals surface area (Å²) in [4.78, 5) is 36.5. The van der Waals surface area contributed by atoms with Gasteiger partial charge in [0.05, 0.1) is 11.4 Å². The first kappa shape index (κ1) is 17.9. The number of hydrogen-bond donors (Lipinski definition) is 1. The molecule has 26 heavy (non-hydrogen) atoms. The summed E-state index contributed by atoms with van der Waals surface area (Å²) in [6, 6.07) is 10.4. The lowest BCUT2D eigenvalue weighted by Gasteiger charge is -2.24. The van der Waals surface area contributed by atoms with Crippen LogP contribution in [0, 0.1) is 0 Å². The van der Waals surface area contributed by atoms with Crippen molar-refractivity contribution in [2.45, 2.75) is 19.6 Å². The van der Waals surface area contributed by atoms with Crippen LogP contribution in [-0.4, -0.2) is 37.0 Å². The molecular formula is C18H17NO6S. The Balaban J connectivity index is 1.50. The number of Topliss-reactive ketones (excluding diaryl/α,β-unsaturated/α-hetero) is 1. The maximum absolute atomic E-state index is 12.2. The highest BCUT2D eigenvalue weighted by atomic mass is 32.1. The maximum Gasteiger partial charge on any atom is 0.351 e. The fourth-order valence-corrected chi connectivity index (χ4v) is 3.14. The van der Waals surface area contributed by atoms with E-state index >= 15 is 0 Å². The topological polar surface area (TPSA) is 90.9 Å². The molecule has 0 saturated carbocycles. The lowest BCUT2D eigenvalue weighted by Crippen LogP contribution is -2.38. The largest absolute Gasteiger partial charge is 0.485 e. The highest BCUT2D eigenvalue weighted by Gasteiger charge is 2.29. The molecule has 0 bridgehead atoms. The van der Waals surface area contributed by atoms with Gasteiger partial charge in [0.15, 0.2) is 18.1 Å². The molecule has 0 spiro atoms. The summed E-state index contributed by atoms with van der Waals surface area (Å²) in [5, 5.41) is 2.66. The van der Waals surface area contributed by atoms with E-state index in [-0.39, 0.29) is 24.9 Å². The van der Waals surface area contributed by atoms with Crippen LogP contribution in [0.1, 0.15) is 21.5 Å². The number of thiophene rings is 1. The van der Waals surface area contributed by atoms with Crippen molar-refractivity contribution in [3.05, 3.63) is 46.2 Å². The Hall–Kier alpha value is -2.87. The first-order valence-electron chi connectivity index (χ1n) is 7.94. The Morgan fingerprint density at radius 1 is 1.19 bits per heavy atom. The van der Waals surface area contributed by atoms with Gasteiger partial charge in [-0.25, -0.2) is 4.79 Å². The van der Waals surface area contributed by atoms with Crippen LogP contribution < -0.4 is 14.8 Å². The number of esters is 1. The van der Waals surface area contributed by atoms with Crippen LogP contribution in [-0.2, 0) is 20.9 Å². The first-order valence-corrected chi connectivity index (χ1v) is 8.76. The summed E-state index contributed by atoms with van der Waals surface area (Å²) in [7, 11) is 0. The Morgan fingerprint density at radius 3 is 2.73 bits per heavy atom. The predicted octanol–water partition coefficient (Wildman–Crippen LogP) is 1.95. The second-order valence-electron chi connectivity index (χ2n) is 5.57. The number of hydrogen-bond acceptors (Lipinski definition) is 7. The summed E-state index contributed by atoms with van der Waals surface area (Å²) in [6.07, 6.45) is -0.906. The summed E-state index contributed by atoms with van der Waals surface area (Å²) in [5.41, 5.74) is 0. The van der Waals surface area contributed by atoms with Crippen LogP contribution in [0.3, 0.4) is 0 Å². The number of amides is 1. The third kappa shape index (κ3) is 4.40. The molecule has 1 aliphatic rings. The maximum atomic E-state index is 12.2. The molecule has 1 aromatic heterocycles. The normalized spacial score (nSPS) is 15.2. The lowest BCUT2D eigenvalue weighted by molar-refractivity contribution is -0.153. The zero-order valence-corrected chi connectivity index (χ0v) is 14.8. The summed E-state index contributed by atoms with van der Waals surface area (Å²) in [6.45, 7) is 1.44. The van der Waals surface area contributed by atoms with Crippen molar-refractivity contribution < 1.29 is 28.6 Å². The average Bonchev–Trinajstić information content (AvgIpc) is 3.13. The second kappa shape index (κ2) is 8.01. The zero-order valence-electron chi connectivity index (χ0n) is 14.0. The van der Waals surface area contributed by atoms with Gasteiger partial charge < -0.3 is 19.5 Å². The molecule has 0 unspecified atom stereocenters. The van der Waals surface area contributed by atoms with E-state index in [0.29, 0.717) is 22.9 Å². The fraction of sp³-hybridized carbons (Fsp3) is 0.278. The second-order valence-corrected chi connectivity index (χ2v) is 6.74. The molecule has 0 saturated heterocycles. The van der Waals surface area contributed by atoms with Gasteiger partial charge in [0.2, 0.25) is 17.8 Å². The van der Waals surface area contributed by atoms with Gasteiger partial charge >= 0.3 is 5.97 Å². The van der Waals surface area contributed by atoms with Crippen molar-refractivity contribution in [2.75, 3.05) is 13.2 Å². The van der Waals surface area contributed by atoms with Gasteiger partial charge in [-0.05, 0) is 24.3 Å². The Morgan fingerprint density at radius 2 is 1.96 bits per heavy atom. The molecule has 1 N–H and O–H groups in total. The van der Waals surface area contributed by atoms with Crippen molar-refractivity contribution in [1.82, 2.24) is 5.32 Å². The van der Waals surface area contributed by atoms with E-state index in [9.17, 15) is 14.4 Å². The number of ether oxygens (including phenoxy) is 3. The van der Waals surface area contributed by atoms with E-state index in [4.69, 9.17) is 14.2 Å². The molecule has 2 heterocycles. The summed E-state index contributed by atoms with van der Waals surface area (Å²) >= 11 is 1.25. The van der Waals surface area contributed by atoms with Crippen LogP contribution in [0.4, 0.5) is 0 Å². The number of rotatable bonds is 6. The SMILES string of the molecule is CC(=O)NCc1ccc(C(=O)COC(=O)[C@H]2COc3ccccc3O2)s1. The summed E-state index contributed by atoms with van der Waals surface area (Å²) < 4.78 is 16.1. The van der Waals surface area contributed by atoms with Gasteiger partial charge in [-0.15, -0.1) is 11.3 Å². The molecule has 7 nitrogen and oxygen atoms in total. The fourth-order valence-electron chi connectivity index (χ4n) is 2.27. The number of carbonyl (C=O) groups excluding carboxylic acids is 3. The van der Waals surface area contributed by atoms with Gasteiger partial charge in [-0.3, -0.25) is 9.59 Å². The van der Waals surface area contributed by atoms with E-state index in [1.807, 2.05) is 0 Å². The van der Waals surface area contributed by atoms with E-state index in [0.717, 1.165) is 4.88 Å². The molecule has 0 aliphatic carbocycles. The minimum Gasteiger partial charge on any atom is -0.485 e. The molecule has 1 amide bonds. The van der Waals surface area contributed by atoms with Crippen LogP contribution in [0.2, 0.25) is 0 Å². The smallest absolute Gasteiger partial charge is 0.351 e. The molecule has 3 rings (SSSR count). The van der Waals surface area contributed by atoms with Crippen molar-refractivity contribution in [3.8, 4) is 11.5 Å². The molecule has 136 valence electrons. The third-order valence-corrected chi connectivity index (χ3v) is 4.69. The van der Waals surface area contributed by atoms with Gasteiger partial charge in [-0.1, -0.05) is 12.1 Å². The molecule has 1 atom stereocenters. The van der Waals surface area contributed by atoms with Gasteiger partial charge in [0, 0.05) is 11.8 Å². The number of ketones is 1. The highest BCUT2D eigenvalue weighted by molar-refractivity contribution is 7.14. The number of nitrogens with one attached hydrogen (secondary N) is 1. The molecule has 0 fully saturated rings. The van der Waals surface area contributed by atoms with E-state index in [2.05, 4.69) is 5.32 Å². The van der Waals surface area contributed by atoms with Crippen molar-refractivity contribution >= 4 is 29.0 Å². The van der Waals surface area contributed by atoms with Gasteiger partial charge in [-0.2, -0.15) is 0 Å². The minimum absolute atomic E-state index is 0.0316. The van der Waals surface area contributed by atoms with E-state index < -0.39 is 12.1 Å². The molecule has 0 radical (unpaired) electrons. The van der Waals surface area contributed by atoms with Crippen molar-refractivity contribution in [2.24, 2.45) is 0 Å². The number of benzene rings is 1. The molecule has 1 aliphatic heterocycles. The highest BCUT2D eigenvalue weighted by Crippen LogP contribution is 2.31. The van der Waals surface area contributed by atoms with Crippen molar-refractivity contribution in [3.63, 3.8) is 0 Å². The van der Waals surface area contributed by atoms with Crippen LogP contribution in [0.15, 0.2) is 36.4 Å². The van der Waals surface area contributed by atoms with Crippen LogP contribution >= 0.6 is 11.3 Å². The standard InChI is InChI=1S/C18H17NO6S/c1-11(20)19-8-12-6-7-17(26-12)13(21)9-24-18(22)16-10-23-14-4-2-3-5-15(14)25-16/h2-7,16H,8-10H2,1H3,(H,19,20)/t16-/m1/s1. The van der Waals surface area contributed by atoms with E-state index in [1.165, 1.54) is 18.3 Å². The number of fused-ring (bicyclic) bond motifs is 1. The van der Waals surface area contributed by atoms with Crippen LogP contribution in [0.5, 0.6) is 11.5 Å². The van der Waals surface area contributed by atoms with E-state index in [1.54, 1.807) is 36.4 Å². The number of carbonyl (C=O) groups is 3. The first-order chi connectivity index (χ1) is 12.5. The lowest BCUT2D eigenvalue weighted by atomic mass is 10.2.